The number of carbonyl (C=O) groups excluding carboxylic acids is 1. The SMILES string of the molecule is CN(C(=O)CSc1nnc(-c2ccc(Br)cc2)n1C1CCCCC1)c1ccccc1. The van der Waals surface area contributed by atoms with Gasteiger partial charge in [0, 0.05) is 28.8 Å². The van der Waals surface area contributed by atoms with Crippen molar-refractivity contribution < 1.29 is 4.79 Å². The maximum absolute atomic E-state index is 12.8. The van der Waals surface area contributed by atoms with Crippen molar-refractivity contribution in [3.8, 4) is 11.4 Å². The molecule has 0 spiro atoms. The van der Waals surface area contributed by atoms with Crippen molar-refractivity contribution in [2.75, 3.05) is 17.7 Å². The topological polar surface area (TPSA) is 51.0 Å². The summed E-state index contributed by atoms with van der Waals surface area (Å²) in [5, 5.41) is 9.84. The van der Waals surface area contributed by atoms with Crippen LogP contribution in [0.5, 0.6) is 0 Å². The summed E-state index contributed by atoms with van der Waals surface area (Å²) in [6.45, 7) is 0. The molecular formula is C23H25BrN4OS. The smallest absolute Gasteiger partial charge is 0.237 e. The van der Waals surface area contributed by atoms with E-state index < -0.39 is 0 Å². The van der Waals surface area contributed by atoms with Crippen LogP contribution >= 0.6 is 27.7 Å². The highest BCUT2D eigenvalue weighted by atomic mass is 79.9. The third kappa shape index (κ3) is 4.78. The van der Waals surface area contributed by atoms with Crippen LogP contribution in [0.1, 0.15) is 38.1 Å². The molecule has 3 aromatic rings. The number of halogens is 1. The number of thioether (sulfide) groups is 1. The molecule has 30 heavy (non-hydrogen) atoms. The Morgan fingerprint density at radius 2 is 1.77 bits per heavy atom. The molecule has 1 fully saturated rings. The molecule has 7 heteroatoms. The van der Waals surface area contributed by atoms with Gasteiger partial charge in [-0.25, -0.2) is 0 Å². The first kappa shape index (κ1) is 21.1. The van der Waals surface area contributed by atoms with Gasteiger partial charge in [-0.1, -0.05) is 77.3 Å². The Labute approximate surface area is 190 Å². The van der Waals surface area contributed by atoms with Crippen molar-refractivity contribution in [2.45, 2.75) is 43.3 Å². The quantitative estimate of drug-likeness (QED) is 0.404. The first-order chi connectivity index (χ1) is 14.6. The van der Waals surface area contributed by atoms with E-state index in [9.17, 15) is 4.79 Å². The number of carbonyl (C=O) groups is 1. The normalized spacial score (nSPS) is 14.6. The van der Waals surface area contributed by atoms with Gasteiger partial charge in [0.15, 0.2) is 11.0 Å². The minimum Gasteiger partial charge on any atom is -0.315 e. The van der Waals surface area contributed by atoms with Crippen LogP contribution in [-0.2, 0) is 4.79 Å². The highest BCUT2D eigenvalue weighted by molar-refractivity contribution is 9.10. The summed E-state index contributed by atoms with van der Waals surface area (Å²) >= 11 is 4.98. The number of hydrogen-bond acceptors (Lipinski definition) is 4. The van der Waals surface area contributed by atoms with Crippen molar-refractivity contribution in [3.05, 3.63) is 59.1 Å². The second-order valence-corrected chi connectivity index (χ2v) is 9.41. The number of amides is 1. The van der Waals surface area contributed by atoms with Gasteiger partial charge in [-0.15, -0.1) is 10.2 Å². The fourth-order valence-electron chi connectivity index (χ4n) is 3.86. The Morgan fingerprint density at radius 3 is 2.47 bits per heavy atom. The molecule has 1 amide bonds. The van der Waals surface area contributed by atoms with Crippen LogP contribution in [-0.4, -0.2) is 33.5 Å². The van der Waals surface area contributed by atoms with E-state index in [0.29, 0.717) is 11.8 Å². The van der Waals surface area contributed by atoms with Crippen LogP contribution in [0.15, 0.2) is 64.2 Å². The van der Waals surface area contributed by atoms with E-state index in [0.717, 1.165) is 39.5 Å². The molecule has 1 aliphatic carbocycles. The fraction of sp³-hybridized carbons (Fsp3) is 0.348. The van der Waals surface area contributed by atoms with Gasteiger partial charge in [0.25, 0.3) is 0 Å². The first-order valence-corrected chi connectivity index (χ1v) is 12.1. The maximum Gasteiger partial charge on any atom is 0.237 e. The van der Waals surface area contributed by atoms with Gasteiger partial charge >= 0.3 is 0 Å². The fourth-order valence-corrected chi connectivity index (χ4v) is 5.04. The predicted octanol–water partition coefficient (Wildman–Crippen LogP) is 5.97. The Hall–Kier alpha value is -2.12. The zero-order valence-corrected chi connectivity index (χ0v) is 19.4. The third-order valence-corrected chi connectivity index (χ3v) is 7.01. The van der Waals surface area contributed by atoms with E-state index in [-0.39, 0.29) is 5.91 Å². The molecule has 4 rings (SSSR count). The molecule has 5 nitrogen and oxygen atoms in total. The third-order valence-electron chi connectivity index (χ3n) is 5.55. The van der Waals surface area contributed by atoms with Crippen molar-refractivity contribution in [1.82, 2.24) is 14.8 Å². The van der Waals surface area contributed by atoms with Gasteiger partial charge in [0.1, 0.15) is 0 Å². The number of rotatable bonds is 6. The predicted molar refractivity (Wildman–Crippen MR) is 126 cm³/mol. The molecule has 1 aromatic heterocycles. The average Bonchev–Trinajstić information content (AvgIpc) is 3.22. The molecular weight excluding hydrogens is 460 g/mol. The summed E-state index contributed by atoms with van der Waals surface area (Å²) in [5.74, 6) is 1.27. The summed E-state index contributed by atoms with van der Waals surface area (Å²) in [6.07, 6.45) is 6.00. The zero-order valence-electron chi connectivity index (χ0n) is 17.0. The van der Waals surface area contributed by atoms with E-state index in [1.165, 1.54) is 31.0 Å². The zero-order chi connectivity index (χ0) is 20.9. The number of hydrogen-bond donors (Lipinski definition) is 0. The number of benzene rings is 2. The Bertz CT molecular complexity index is 984. The van der Waals surface area contributed by atoms with Crippen LogP contribution in [0.3, 0.4) is 0 Å². The molecule has 0 radical (unpaired) electrons. The van der Waals surface area contributed by atoms with E-state index in [2.05, 4.69) is 42.8 Å². The largest absolute Gasteiger partial charge is 0.315 e. The van der Waals surface area contributed by atoms with Gasteiger partial charge in [0.2, 0.25) is 5.91 Å². The number of anilines is 1. The van der Waals surface area contributed by atoms with Crippen molar-refractivity contribution in [3.63, 3.8) is 0 Å². The molecule has 1 heterocycles. The Morgan fingerprint density at radius 1 is 1.07 bits per heavy atom. The van der Waals surface area contributed by atoms with Crippen LogP contribution in [0, 0.1) is 0 Å². The van der Waals surface area contributed by atoms with E-state index in [4.69, 9.17) is 0 Å². The second kappa shape index (κ2) is 9.79. The molecule has 0 unspecified atom stereocenters. The van der Waals surface area contributed by atoms with E-state index in [1.807, 2.05) is 49.5 Å². The minimum atomic E-state index is 0.0505. The minimum absolute atomic E-state index is 0.0505. The van der Waals surface area contributed by atoms with Gasteiger partial charge in [-0.3, -0.25) is 9.36 Å². The highest BCUT2D eigenvalue weighted by Crippen LogP contribution is 2.36. The number of aromatic nitrogens is 3. The summed E-state index contributed by atoms with van der Waals surface area (Å²) < 4.78 is 3.31. The molecule has 0 saturated heterocycles. The lowest BCUT2D eigenvalue weighted by Gasteiger charge is -2.25. The van der Waals surface area contributed by atoms with Gasteiger partial charge in [-0.2, -0.15) is 0 Å². The van der Waals surface area contributed by atoms with Gasteiger partial charge in [0.05, 0.1) is 5.75 Å². The van der Waals surface area contributed by atoms with Crippen LogP contribution in [0.25, 0.3) is 11.4 Å². The molecule has 0 bridgehead atoms. The van der Waals surface area contributed by atoms with Crippen molar-refractivity contribution >= 4 is 39.3 Å². The van der Waals surface area contributed by atoms with E-state index >= 15 is 0 Å². The molecule has 1 saturated carbocycles. The Balaban J connectivity index is 1.56. The molecule has 1 aliphatic rings. The lowest BCUT2D eigenvalue weighted by molar-refractivity contribution is -0.115. The Kier molecular flexibility index (Phi) is 6.89. The van der Waals surface area contributed by atoms with Crippen LogP contribution in [0.4, 0.5) is 5.69 Å². The monoisotopic (exact) mass is 484 g/mol. The molecule has 2 aromatic carbocycles. The summed E-state index contributed by atoms with van der Waals surface area (Å²) in [7, 11) is 1.82. The lowest BCUT2D eigenvalue weighted by Crippen LogP contribution is -2.28. The molecule has 0 N–H and O–H groups in total. The maximum atomic E-state index is 12.8. The molecule has 0 aliphatic heterocycles. The molecule has 0 atom stereocenters. The van der Waals surface area contributed by atoms with Crippen molar-refractivity contribution in [1.29, 1.82) is 0 Å². The van der Waals surface area contributed by atoms with E-state index in [1.54, 1.807) is 4.90 Å². The number of nitrogens with zero attached hydrogens (tertiary/aromatic N) is 4. The summed E-state index contributed by atoms with van der Waals surface area (Å²) in [6, 6.07) is 18.3. The van der Waals surface area contributed by atoms with Gasteiger partial charge < -0.3 is 4.90 Å². The van der Waals surface area contributed by atoms with Crippen LogP contribution in [0.2, 0.25) is 0 Å². The first-order valence-electron chi connectivity index (χ1n) is 10.3. The van der Waals surface area contributed by atoms with Crippen LogP contribution < -0.4 is 4.90 Å². The summed E-state index contributed by atoms with van der Waals surface area (Å²) in [4.78, 5) is 14.5. The standard InChI is InChI=1S/C23H25BrN4OS/c1-27(19-8-4-2-5-9-19)21(29)16-30-23-26-25-22(17-12-14-18(24)15-13-17)28(23)20-10-6-3-7-11-20/h2,4-5,8-9,12-15,20H,3,6-7,10-11,16H2,1H3. The lowest BCUT2D eigenvalue weighted by atomic mass is 9.95. The van der Waals surface area contributed by atoms with Gasteiger partial charge in [-0.05, 0) is 37.1 Å². The summed E-state index contributed by atoms with van der Waals surface area (Å²) in [5.41, 5.74) is 1.95. The second-order valence-electron chi connectivity index (χ2n) is 7.55. The highest BCUT2D eigenvalue weighted by Gasteiger charge is 2.24. The van der Waals surface area contributed by atoms with Crippen molar-refractivity contribution in [2.24, 2.45) is 0 Å². The molecule has 156 valence electrons. The number of para-hydroxylation sites is 1. The average molecular weight is 485 g/mol.